The maximum absolute atomic E-state index is 10.2. The number of aliphatic hydroxyl groups is 2. The van der Waals surface area contributed by atoms with E-state index < -0.39 is 11.2 Å². The Morgan fingerprint density at radius 1 is 0.833 bits per heavy atom. The minimum Gasteiger partial charge on any atom is -0.386 e. The van der Waals surface area contributed by atoms with Crippen molar-refractivity contribution in [2.45, 2.75) is 38.9 Å². The summed E-state index contributed by atoms with van der Waals surface area (Å²) >= 11 is 0. The molecule has 2 aromatic rings. The van der Waals surface area contributed by atoms with E-state index in [2.05, 4.69) is 0 Å². The first kappa shape index (κ1) is 13.1. The van der Waals surface area contributed by atoms with Crippen molar-refractivity contribution in [1.82, 2.24) is 0 Å². The number of hydrogen-bond acceptors (Lipinski definition) is 2. The van der Waals surface area contributed by atoms with Gasteiger partial charge in [-0.1, -0.05) is 30.3 Å². The normalized spacial score (nSPS) is 13.0. The summed E-state index contributed by atoms with van der Waals surface area (Å²) in [4.78, 5) is 0. The summed E-state index contributed by atoms with van der Waals surface area (Å²) < 4.78 is 0. The van der Waals surface area contributed by atoms with Gasteiger partial charge in [0.1, 0.15) is 0 Å². The largest absolute Gasteiger partial charge is 0.386 e. The van der Waals surface area contributed by atoms with Gasteiger partial charge in [-0.15, -0.1) is 0 Å². The molecule has 2 rings (SSSR count). The van der Waals surface area contributed by atoms with Gasteiger partial charge < -0.3 is 10.2 Å². The SMILES string of the molecule is CC(C)(O)c1ccc2cccc(C(C)(C)O)c2c1. The van der Waals surface area contributed by atoms with Gasteiger partial charge in [0.05, 0.1) is 11.2 Å². The average molecular weight is 244 g/mol. The van der Waals surface area contributed by atoms with Crippen molar-refractivity contribution >= 4 is 10.8 Å². The highest BCUT2D eigenvalue weighted by Gasteiger charge is 2.21. The van der Waals surface area contributed by atoms with E-state index in [0.717, 1.165) is 21.9 Å². The summed E-state index contributed by atoms with van der Waals surface area (Å²) in [7, 11) is 0. The van der Waals surface area contributed by atoms with E-state index >= 15 is 0 Å². The number of rotatable bonds is 2. The van der Waals surface area contributed by atoms with Crippen molar-refractivity contribution in [2.75, 3.05) is 0 Å². The molecule has 0 atom stereocenters. The molecule has 0 aliphatic heterocycles. The smallest absolute Gasteiger partial charge is 0.0846 e. The first-order valence-electron chi connectivity index (χ1n) is 6.18. The van der Waals surface area contributed by atoms with Gasteiger partial charge in [-0.2, -0.15) is 0 Å². The van der Waals surface area contributed by atoms with Crippen LogP contribution >= 0.6 is 0 Å². The molecule has 0 fully saturated rings. The summed E-state index contributed by atoms with van der Waals surface area (Å²) in [6.45, 7) is 7.08. The molecule has 0 heterocycles. The Hall–Kier alpha value is -1.38. The summed E-state index contributed by atoms with van der Waals surface area (Å²) in [5.41, 5.74) is -0.0312. The van der Waals surface area contributed by atoms with Crippen LogP contribution in [-0.4, -0.2) is 10.2 Å². The van der Waals surface area contributed by atoms with Crippen LogP contribution in [0.5, 0.6) is 0 Å². The Bertz CT molecular complexity index is 572. The van der Waals surface area contributed by atoms with Crippen LogP contribution in [-0.2, 0) is 11.2 Å². The topological polar surface area (TPSA) is 40.5 Å². The van der Waals surface area contributed by atoms with Crippen LogP contribution in [0.25, 0.3) is 10.8 Å². The quantitative estimate of drug-likeness (QED) is 0.851. The molecule has 2 nitrogen and oxygen atoms in total. The van der Waals surface area contributed by atoms with Gasteiger partial charge >= 0.3 is 0 Å². The van der Waals surface area contributed by atoms with E-state index in [1.165, 1.54) is 0 Å². The Kier molecular flexibility index (Phi) is 2.96. The lowest BCUT2D eigenvalue weighted by Crippen LogP contribution is -2.18. The van der Waals surface area contributed by atoms with E-state index in [0.29, 0.717) is 0 Å². The molecule has 0 bridgehead atoms. The maximum atomic E-state index is 10.2. The van der Waals surface area contributed by atoms with Crippen LogP contribution in [0.1, 0.15) is 38.8 Å². The van der Waals surface area contributed by atoms with E-state index in [1.807, 2.05) is 36.4 Å². The lowest BCUT2D eigenvalue weighted by molar-refractivity contribution is 0.0772. The molecule has 0 aliphatic carbocycles. The van der Waals surface area contributed by atoms with Gasteiger partial charge in [-0.3, -0.25) is 0 Å². The Balaban J connectivity index is 2.74. The number of fused-ring (bicyclic) bond motifs is 1. The molecular formula is C16H20O2. The van der Waals surface area contributed by atoms with Gasteiger partial charge in [-0.05, 0) is 55.7 Å². The zero-order chi connectivity index (χ0) is 13.6. The standard InChI is InChI=1S/C16H20O2/c1-15(2,17)12-9-8-11-6-5-7-14(13(11)10-12)16(3,4)18/h5-10,17-18H,1-4H3. The van der Waals surface area contributed by atoms with E-state index in [1.54, 1.807) is 27.7 Å². The highest BCUT2D eigenvalue weighted by atomic mass is 16.3. The highest BCUT2D eigenvalue weighted by molar-refractivity contribution is 5.87. The molecule has 0 saturated heterocycles. The third-order valence-electron chi connectivity index (χ3n) is 3.25. The van der Waals surface area contributed by atoms with E-state index in [9.17, 15) is 10.2 Å². The molecule has 2 heteroatoms. The fourth-order valence-electron chi connectivity index (χ4n) is 2.19. The van der Waals surface area contributed by atoms with Crippen molar-refractivity contribution in [3.63, 3.8) is 0 Å². The summed E-state index contributed by atoms with van der Waals surface area (Å²) in [6, 6.07) is 11.8. The van der Waals surface area contributed by atoms with Crippen molar-refractivity contribution < 1.29 is 10.2 Å². The first-order valence-corrected chi connectivity index (χ1v) is 6.18. The third-order valence-corrected chi connectivity index (χ3v) is 3.25. The Morgan fingerprint density at radius 2 is 1.50 bits per heavy atom. The van der Waals surface area contributed by atoms with Crippen molar-refractivity contribution in [3.05, 3.63) is 47.5 Å². The van der Waals surface area contributed by atoms with Gasteiger partial charge in [0.25, 0.3) is 0 Å². The lowest BCUT2D eigenvalue weighted by Gasteiger charge is -2.23. The van der Waals surface area contributed by atoms with Crippen molar-refractivity contribution in [1.29, 1.82) is 0 Å². The van der Waals surface area contributed by atoms with E-state index in [-0.39, 0.29) is 0 Å². The Labute approximate surface area is 108 Å². The molecule has 2 aromatic carbocycles. The van der Waals surface area contributed by atoms with Gasteiger partial charge in [0.15, 0.2) is 0 Å². The second kappa shape index (κ2) is 4.08. The van der Waals surface area contributed by atoms with Crippen molar-refractivity contribution in [3.8, 4) is 0 Å². The number of benzene rings is 2. The molecule has 96 valence electrons. The number of hydrogen-bond donors (Lipinski definition) is 2. The molecule has 0 spiro atoms. The molecule has 0 aliphatic rings. The second-order valence-electron chi connectivity index (χ2n) is 5.86. The Morgan fingerprint density at radius 3 is 2.06 bits per heavy atom. The van der Waals surface area contributed by atoms with Gasteiger partial charge in [0, 0.05) is 0 Å². The van der Waals surface area contributed by atoms with Crippen LogP contribution in [0.3, 0.4) is 0 Å². The zero-order valence-electron chi connectivity index (χ0n) is 11.4. The fourth-order valence-corrected chi connectivity index (χ4v) is 2.19. The highest BCUT2D eigenvalue weighted by Crippen LogP contribution is 2.31. The van der Waals surface area contributed by atoms with Gasteiger partial charge in [0.2, 0.25) is 0 Å². The molecule has 0 unspecified atom stereocenters. The molecule has 2 N–H and O–H groups in total. The second-order valence-corrected chi connectivity index (χ2v) is 5.86. The first-order chi connectivity index (χ1) is 8.19. The summed E-state index contributed by atoms with van der Waals surface area (Å²) in [5, 5.41) is 22.4. The summed E-state index contributed by atoms with van der Waals surface area (Å²) in [6.07, 6.45) is 0. The maximum Gasteiger partial charge on any atom is 0.0846 e. The molecule has 0 aromatic heterocycles. The van der Waals surface area contributed by atoms with Crippen LogP contribution in [0.15, 0.2) is 36.4 Å². The third kappa shape index (κ3) is 2.40. The molecule has 0 amide bonds. The minimum absolute atomic E-state index is 0.853. The zero-order valence-corrected chi connectivity index (χ0v) is 11.4. The lowest BCUT2D eigenvalue weighted by atomic mass is 9.89. The minimum atomic E-state index is -0.891. The van der Waals surface area contributed by atoms with Crippen LogP contribution in [0, 0.1) is 0 Å². The van der Waals surface area contributed by atoms with Crippen LogP contribution in [0.2, 0.25) is 0 Å². The molecule has 0 radical (unpaired) electrons. The average Bonchev–Trinajstić information content (AvgIpc) is 2.25. The van der Waals surface area contributed by atoms with Gasteiger partial charge in [-0.25, -0.2) is 0 Å². The van der Waals surface area contributed by atoms with Crippen LogP contribution < -0.4 is 0 Å². The monoisotopic (exact) mass is 244 g/mol. The molecule has 0 saturated carbocycles. The molecule has 18 heavy (non-hydrogen) atoms. The molecular weight excluding hydrogens is 224 g/mol. The fraction of sp³-hybridized carbons (Fsp3) is 0.375. The van der Waals surface area contributed by atoms with E-state index in [4.69, 9.17) is 0 Å². The predicted molar refractivity (Wildman–Crippen MR) is 74.4 cm³/mol. The van der Waals surface area contributed by atoms with Crippen LogP contribution in [0.4, 0.5) is 0 Å². The predicted octanol–water partition coefficient (Wildman–Crippen LogP) is 3.29. The summed E-state index contributed by atoms with van der Waals surface area (Å²) in [5.74, 6) is 0. The van der Waals surface area contributed by atoms with Crippen molar-refractivity contribution in [2.24, 2.45) is 0 Å².